The third-order valence-electron chi connectivity index (χ3n) is 1.38. The second-order valence-corrected chi connectivity index (χ2v) is 3.58. The van der Waals surface area contributed by atoms with Crippen LogP contribution in [0.15, 0.2) is 30.3 Å². The summed E-state index contributed by atoms with van der Waals surface area (Å²) in [6, 6.07) is 10.6. The Morgan fingerprint density at radius 1 is 1.08 bits per heavy atom. The largest absolute Gasteiger partial charge is 0.312 e. The fourth-order valence-electron chi connectivity index (χ4n) is 0.933. The molecule has 0 fully saturated rings. The van der Waals surface area contributed by atoms with Crippen molar-refractivity contribution in [1.82, 2.24) is 4.90 Å². The lowest BCUT2D eigenvalue weighted by Crippen LogP contribution is -1.99. The first-order chi connectivity index (χ1) is 6.16. The molecular formula is C11H20BN. The Bertz CT molecular complexity index is 194. The van der Waals surface area contributed by atoms with Crippen LogP contribution in [-0.4, -0.2) is 33.9 Å². The highest BCUT2D eigenvalue weighted by Crippen LogP contribution is 1.99. The highest BCUT2D eigenvalue weighted by Gasteiger charge is 1.84. The number of hydrogen-bond acceptors (Lipinski definition) is 1. The Labute approximate surface area is 83.2 Å². The molecule has 0 atom stereocenters. The second kappa shape index (κ2) is 7.87. The van der Waals surface area contributed by atoms with Crippen molar-refractivity contribution in [3.63, 3.8) is 0 Å². The standard InChI is InChI=1S/C8H11B.C3H9N/c9-7-6-8-4-2-1-3-5-8;1-4(2)3/h1-5H,6-7,9H2;1-3H3. The van der Waals surface area contributed by atoms with E-state index in [2.05, 4.69) is 38.2 Å². The molecule has 0 aliphatic heterocycles. The predicted molar refractivity (Wildman–Crippen MR) is 63.1 cm³/mol. The van der Waals surface area contributed by atoms with Crippen LogP contribution in [0.5, 0.6) is 0 Å². The molecule has 1 nitrogen and oxygen atoms in total. The molecule has 0 amide bonds. The fourth-order valence-corrected chi connectivity index (χ4v) is 0.933. The Kier molecular flexibility index (Phi) is 7.41. The molecule has 0 aliphatic rings. The van der Waals surface area contributed by atoms with E-state index in [0.29, 0.717) is 0 Å². The molecule has 0 radical (unpaired) electrons. The zero-order valence-electron chi connectivity index (χ0n) is 9.25. The number of rotatable bonds is 2. The van der Waals surface area contributed by atoms with Gasteiger partial charge in [-0.2, -0.15) is 0 Å². The van der Waals surface area contributed by atoms with E-state index in [1.165, 1.54) is 18.3 Å². The number of aryl methyl sites for hydroxylation is 1. The van der Waals surface area contributed by atoms with Crippen LogP contribution in [0.3, 0.4) is 0 Å². The highest BCUT2D eigenvalue weighted by molar-refractivity contribution is 6.08. The Morgan fingerprint density at radius 3 is 1.92 bits per heavy atom. The molecule has 1 rings (SSSR count). The van der Waals surface area contributed by atoms with Crippen LogP contribution >= 0.6 is 0 Å². The minimum atomic E-state index is 1.21. The normalized spacial score (nSPS) is 9.23. The van der Waals surface area contributed by atoms with E-state index in [1.54, 1.807) is 0 Å². The summed E-state index contributed by atoms with van der Waals surface area (Å²) >= 11 is 0. The summed E-state index contributed by atoms with van der Waals surface area (Å²) in [7, 11) is 8.20. The summed E-state index contributed by atoms with van der Waals surface area (Å²) in [5, 5.41) is 0. The van der Waals surface area contributed by atoms with Crippen LogP contribution in [-0.2, 0) is 6.42 Å². The zero-order valence-corrected chi connectivity index (χ0v) is 9.25. The molecule has 0 aromatic heterocycles. The van der Waals surface area contributed by atoms with Gasteiger partial charge in [0.25, 0.3) is 0 Å². The van der Waals surface area contributed by atoms with Crippen LogP contribution in [0.2, 0.25) is 6.32 Å². The molecule has 0 bridgehead atoms. The average molecular weight is 177 g/mol. The monoisotopic (exact) mass is 177 g/mol. The third-order valence-corrected chi connectivity index (χ3v) is 1.38. The van der Waals surface area contributed by atoms with E-state index in [0.717, 1.165) is 0 Å². The quantitative estimate of drug-likeness (QED) is 0.618. The van der Waals surface area contributed by atoms with Gasteiger partial charge in [0.2, 0.25) is 0 Å². The summed E-state index contributed by atoms with van der Waals surface area (Å²) in [5.41, 5.74) is 1.44. The molecule has 0 spiro atoms. The lowest BCUT2D eigenvalue weighted by atomic mass is 9.98. The van der Waals surface area contributed by atoms with Gasteiger partial charge in [0.15, 0.2) is 0 Å². The van der Waals surface area contributed by atoms with Crippen LogP contribution < -0.4 is 0 Å². The Balaban J connectivity index is 0.000000310. The first-order valence-electron chi connectivity index (χ1n) is 4.81. The lowest BCUT2D eigenvalue weighted by Gasteiger charge is -1.93. The minimum absolute atomic E-state index is 1.21. The van der Waals surface area contributed by atoms with Crippen molar-refractivity contribution in [3.05, 3.63) is 35.9 Å². The number of hydrogen-bond donors (Lipinski definition) is 0. The van der Waals surface area contributed by atoms with E-state index in [4.69, 9.17) is 0 Å². The summed E-state index contributed by atoms with van der Waals surface area (Å²) in [6.07, 6.45) is 2.45. The minimum Gasteiger partial charge on any atom is -0.312 e. The van der Waals surface area contributed by atoms with Crippen molar-refractivity contribution in [2.24, 2.45) is 0 Å². The van der Waals surface area contributed by atoms with Gasteiger partial charge in [-0.05, 0) is 33.1 Å². The first kappa shape index (κ1) is 12.2. The fraction of sp³-hybridized carbons (Fsp3) is 0.455. The molecule has 1 aromatic carbocycles. The van der Waals surface area contributed by atoms with Crippen molar-refractivity contribution >= 4 is 7.85 Å². The van der Waals surface area contributed by atoms with Gasteiger partial charge in [0, 0.05) is 0 Å². The van der Waals surface area contributed by atoms with Gasteiger partial charge in [0.1, 0.15) is 7.85 Å². The number of benzene rings is 1. The second-order valence-electron chi connectivity index (χ2n) is 3.58. The third kappa shape index (κ3) is 9.16. The van der Waals surface area contributed by atoms with Gasteiger partial charge >= 0.3 is 0 Å². The molecule has 0 saturated heterocycles. The lowest BCUT2D eigenvalue weighted by molar-refractivity contribution is 0.505. The molecule has 0 heterocycles. The maximum atomic E-state index is 2.20. The summed E-state index contributed by atoms with van der Waals surface area (Å²) in [4.78, 5) is 2.00. The summed E-state index contributed by atoms with van der Waals surface area (Å²) < 4.78 is 0. The van der Waals surface area contributed by atoms with Crippen LogP contribution in [0.4, 0.5) is 0 Å². The Morgan fingerprint density at radius 2 is 1.54 bits per heavy atom. The molecule has 0 N–H and O–H groups in total. The summed E-state index contributed by atoms with van der Waals surface area (Å²) in [5.74, 6) is 0. The van der Waals surface area contributed by atoms with Crippen molar-refractivity contribution in [2.45, 2.75) is 12.7 Å². The molecule has 13 heavy (non-hydrogen) atoms. The first-order valence-corrected chi connectivity index (χ1v) is 4.81. The SMILES string of the molecule is BCCc1ccccc1.CN(C)C. The Hall–Kier alpha value is -0.755. The van der Waals surface area contributed by atoms with E-state index in [1.807, 2.05) is 26.0 Å². The molecule has 0 saturated carbocycles. The van der Waals surface area contributed by atoms with Crippen LogP contribution in [0, 0.1) is 0 Å². The van der Waals surface area contributed by atoms with Crippen molar-refractivity contribution < 1.29 is 0 Å². The topological polar surface area (TPSA) is 3.24 Å². The van der Waals surface area contributed by atoms with Gasteiger partial charge in [-0.25, -0.2) is 0 Å². The summed E-state index contributed by atoms with van der Waals surface area (Å²) in [6.45, 7) is 0. The molecule has 0 unspecified atom stereocenters. The van der Waals surface area contributed by atoms with E-state index in [9.17, 15) is 0 Å². The van der Waals surface area contributed by atoms with Gasteiger partial charge in [0.05, 0.1) is 0 Å². The van der Waals surface area contributed by atoms with E-state index in [-0.39, 0.29) is 0 Å². The molecular weight excluding hydrogens is 157 g/mol. The molecule has 2 heteroatoms. The van der Waals surface area contributed by atoms with Crippen molar-refractivity contribution in [1.29, 1.82) is 0 Å². The maximum absolute atomic E-state index is 2.20. The molecule has 72 valence electrons. The van der Waals surface area contributed by atoms with Crippen molar-refractivity contribution in [2.75, 3.05) is 21.1 Å². The number of nitrogens with zero attached hydrogens (tertiary/aromatic N) is 1. The molecule has 1 aromatic rings. The highest BCUT2D eigenvalue weighted by atomic mass is 15.0. The molecule has 0 aliphatic carbocycles. The van der Waals surface area contributed by atoms with E-state index < -0.39 is 0 Å². The van der Waals surface area contributed by atoms with Crippen LogP contribution in [0.25, 0.3) is 0 Å². The smallest absolute Gasteiger partial charge is 0.101 e. The van der Waals surface area contributed by atoms with Gasteiger partial charge in [-0.3, -0.25) is 0 Å². The average Bonchev–Trinajstić information content (AvgIpc) is 2.06. The van der Waals surface area contributed by atoms with Gasteiger partial charge in [-0.1, -0.05) is 36.7 Å². The van der Waals surface area contributed by atoms with Gasteiger partial charge < -0.3 is 4.90 Å². The van der Waals surface area contributed by atoms with Crippen molar-refractivity contribution in [3.8, 4) is 0 Å². The predicted octanol–water partition coefficient (Wildman–Crippen LogP) is 1.46. The zero-order chi connectivity index (χ0) is 10.1. The maximum Gasteiger partial charge on any atom is 0.101 e. The van der Waals surface area contributed by atoms with Crippen LogP contribution in [0.1, 0.15) is 5.56 Å². The van der Waals surface area contributed by atoms with E-state index >= 15 is 0 Å². The van der Waals surface area contributed by atoms with Gasteiger partial charge in [-0.15, -0.1) is 0 Å².